The van der Waals surface area contributed by atoms with Crippen LogP contribution in [-0.2, 0) is 14.3 Å². The van der Waals surface area contributed by atoms with Gasteiger partial charge in [-0.25, -0.2) is 5.48 Å². The second-order valence-corrected chi connectivity index (χ2v) is 8.20. The summed E-state index contributed by atoms with van der Waals surface area (Å²) in [5, 5.41) is 11.8. The van der Waals surface area contributed by atoms with Crippen LogP contribution in [0.25, 0.3) is 0 Å². The van der Waals surface area contributed by atoms with Gasteiger partial charge in [-0.2, -0.15) is 0 Å². The number of anilines is 1. The maximum absolute atomic E-state index is 11.6. The summed E-state index contributed by atoms with van der Waals surface area (Å²) in [5.41, 5.74) is 2.51. The molecule has 0 unspecified atom stereocenters. The van der Waals surface area contributed by atoms with Crippen molar-refractivity contribution in [1.82, 2.24) is 5.48 Å². The highest BCUT2D eigenvalue weighted by Gasteiger charge is 2.14. The van der Waals surface area contributed by atoms with Gasteiger partial charge in [-0.05, 0) is 37.1 Å². The molecule has 0 aliphatic rings. The fourth-order valence-corrected chi connectivity index (χ4v) is 3.59. The van der Waals surface area contributed by atoms with Crippen molar-refractivity contribution in [3.05, 3.63) is 29.8 Å². The Morgan fingerprint density at radius 2 is 1.22 bits per heavy atom. The third kappa shape index (κ3) is 13.1. The van der Waals surface area contributed by atoms with E-state index in [1.807, 2.05) is 0 Å². The molecule has 0 radical (unpaired) electrons. The number of ether oxygens (including phenoxy) is 1. The number of unbranched alkanes of at least 4 members (excludes halogenated alkanes) is 12. The molecule has 1 rings (SSSR count). The zero-order valence-corrected chi connectivity index (χ0v) is 19.5. The second kappa shape index (κ2) is 18.2. The summed E-state index contributed by atoms with van der Waals surface area (Å²) in [4.78, 5) is 33.7. The molecule has 32 heavy (non-hydrogen) atoms. The van der Waals surface area contributed by atoms with Crippen molar-refractivity contribution < 1.29 is 24.3 Å². The first-order valence-corrected chi connectivity index (χ1v) is 12.0. The van der Waals surface area contributed by atoms with Gasteiger partial charge in [0.05, 0.1) is 7.11 Å². The third-order valence-electron chi connectivity index (χ3n) is 5.57. The molecule has 0 heterocycles. The first-order valence-electron chi connectivity index (χ1n) is 12.0. The van der Waals surface area contributed by atoms with E-state index in [1.54, 1.807) is 24.3 Å². The minimum absolute atomic E-state index is 0.0988. The molecule has 1 amide bonds. The molecule has 3 N–H and O–H groups in total. The van der Waals surface area contributed by atoms with E-state index in [2.05, 4.69) is 10.1 Å². The fraction of sp³-hybridized carbons (Fsp3) is 0.640. The van der Waals surface area contributed by atoms with Crippen molar-refractivity contribution in [3.8, 4) is 0 Å². The molecule has 0 spiro atoms. The Morgan fingerprint density at radius 1 is 0.750 bits per heavy atom. The van der Waals surface area contributed by atoms with Gasteiger partial charge >= 0.3 is 11.9 Å². The van der Waals surface area contributed by atoms with Gasteiger partial charge in [0.25, 0.3) is 5.78 Å². The molecule has 1 aromatic carbocycles. The number of methoxy groups -OCH3 is 1. The number of nitrogens with one attached hydrogen (secondary N) is 2. The Hall–Kier alpha value is -2.41. The number of amides is 1. The van der Waals surface area contributed by atoms with Crippen molar-refractivity contribution in [2.45, 2.75) is 89.9 Å². The number of hydrogen-bond acceptors (Lipinski definition) is 6. The topological polar surface area (TPSA) is 105 Å². The SMILES string of the molecule is COC(=O)CCCCCCCCCCCCCCCNc1ccc(C(=O)C(=O)NO)cc1. The number of hydrogen-bond donors (Lipinski definition) is 3. The monoisotopic (exact) mass is 448 g/mol. The minimum Gasteiger partial charge on any atom is -0.469 e. The Morgan fingerprint density at radius 3 is 1.69 bits per heavy atom. The maximum Gasteiger partial charge on any atom is 0.315 e. The number of Topliss-reactive ketones (excluding diaryl/α,β-unsaturated/α-hetero) is 1. The van der Waals surface area contributed by atoms with E-state index in [-0.39, 0.29) is 11.5 Å². The second-order valence-electron chi connectivity index (χ2n) is 8.20. The van der Waals surface area contributed by atoms with E-state index in [1.165, 1.54) is 76.8 Å². The zero-order chi connectivity index (χ0) is 23.4. The molecule has 180 valence electrons. The van der Waals surface area contributed by atoms with Crippen LogP contribution in [-0.4, -0.2) is 36.5 Å². The van der Waals surface area contributed by atoms with Crippen LogP contribution >= 0.6 is 0 Å². The molecule has 0 atom stereocenters. The van der Waals surface area contributed by atoms with Crippen molar-refractivity contribution in [2.24, 2.45) is 0 Å². The van der Waals surface area contributed by atoms with Crippen LogP contribution < -0.4 is 10.8 Å². The molecule has 7 nitrogen and oxygen atoms in total. The molecule has 0 aliphatic heterocycles. The molecular weight excluding hydrogens is 408 g/mol. The van der Waals surface area contributed by atoms with Crippen LogP contribution in [0.15, 0.2) is 24.3 Å². The van der Waals surface area contributed by atoms with Crippen molar-refractivity contribution in [3.63, 3.8) is 0 Å². The standard InChI is InChI=1S/C25H40N2O5/c1-32-23(28)15-13-11-9-7-5-3-2-4-6-8-10-12-14-20-26-22-18-16-21(17-19-22)24(29)25(30)27-31/h16-19,26,31H,2-15,20H2,1H3,(H,27,30). The van der Waals surface area contributed by atoms with Gasteiger partial charge in [0.15, 0.2) is 0 Å². The number of carbonyl (C=O) groups is 3. The molecule has 0 bridgehead atoms. The number of benzene rings is 1. The van der Waals surface area contributed by atoms with E-state index in [0.29, 0.717) is 6.42 Å². The van der Waals surface area contributed by atoms with Gasteiger partial charge in [-0.15, -0.1) is 0 Å². The van der Waals surface area contributed by atoms with Crippen LogP contribution in [0.5, 0.6) is 0 Å². The highest BCUT2D eigenvalue weighted by Crippen LogP contribution is 2.14. The summed E-state index contributed by atoms with van der Waals surface area (Å²) in [6.07, 6.45) is 16.5. The van der Waals surface area contributed by atoms with Crippen molar-refractivity contribution in [1.29, 1.82) is 0 Å². The molecule has 0 saturated carbocycles. The highest BCUT2D eigenvalue weighted by atomic mass is 16.5. The normalized spacial score (nSPS) is 10.6. The largest absolute Gasteiger partial charge is 0.469 e. The van der Waals surface area contributed by atoms with Gasteiger partial charge in [-0.1, -0.05) is 70.6 Å². The zero-order valence-electron chi connectivity index (χ0n) is 19.5. The molecule has 1 aromatic rings. The van der Waals surface area contributed by atoms with Crippen molar-refractivity contribution >= 4 is 23.3 Å². The summed E-state index contributed by atoms with van der Waals surface area (Å²) in [6.45, 7) is 0.879. The molecule has 0 fully saturated rings. The van der Waals surface area contributed by atoms with E-state index in [4.69, 9.17) is 5.21 Å². The maximum atomic E-state index is 11.6. The van der Waals surface area contributed by atoms with E-state index >= 15 is 0 Å². The average molecular weight is 449 g/mol. The lowest BCUT2D eigenvalue weighted by Crippen LogP contribution is -2.27. The summed E-state index contributed by atoms with van der Waals surface area (Å²) >= 11 is 0. The summed E-state index contributed by atoms with van der Waals surface area (Å²) < 4.78 is 4.64. The van der Waals surface area contributed by atoms with E-state index in [9.17, 15) is 14.4 Å². The Labute approximate surface area is 192 Å². The van der Waals surface area contributed by atoms with Crippen LogP contribution in [0.2, 0.25) is 0 Å². The van der Waals surface area contributed by atoms with Gasteiger partial charge in [0.2, 0.25) is 0 Å². The van der Waals surface area contributed by atoms with Gasteiger partial charge in [-0.3, -0.25) is 19.6 Å². The number of carbonyl (C=O) groups excluding carboxylic acids is 3. The number of hydroxylamine groups is 1. The number of rotatable bonds is 19. The lowest BCUT2D eigenvalue weighted by atomic mass is 10.0. The molecular formula is C25H40N2O5. The van der Waals surface area contributed by atoms with Crippen LogP contribution in [0, 0.1) is 0 Å². The molecule has 0 aromatic heterocycles. The van der Waals surface area contributed by atoms with Crippen LogP contribution in [0.3, 0.4) is 0 Å². The van der Waals surface area contributed by atoms with Gasteiger partial charge in [0.1, 0.15) is 0 Å². The Balaban J connectivity index is 1.89. The molecule has 7 heteroatoms. The molecule has 0 aliphatic carbocycles. The van der Waals surface area contributed by atoms with E-state index in [0.717, 1.165) is 31.5 Å². The third-order valence-corrected chi connectivity index (χ3v) is 5.57. The Kier molecular flexibility index (Phi) is 15.7. The smallest absolute Gasteiger partial charge is 0.315 e. The summed E-state index contributed by atoms with van der Waals surface area (Å²) in [7, 11) is 1.44. The lowest BCUT2D eigenvalue weighted by Gasteiger charge is -2.07. The predicted molar refractivity (Wildman–Crippen MR) is 126 cm³/mol. The first-order chi connectivity index (χ1) is 15.6. The quantitative estimate of drug-likeness (QED) is 0.0652. The number of ketones is 1. The van der Waals surface area contributed by atoms with Crippen molar-refractivity contribution in [2.75, 3.05) is 19.0 Å². The fourth-order valence-electron chi connectivity index (χ4n) is 3.59. The summed E-state index contributed by atoms with van der Waals surface area (Å²) in [6, 6.07) is 6.68. The van der Waals surface area contributed by atoms with Gasteiger partial charge in [0, 0.05) is 24.2 Å². The summed E-state index contributed by atoms with van der Waals surface area (Å²) in [5.74, 6) is -1.89. The molecule has 0 saturated heterocycles. The average Bonchev–Trinajstić information content (AvgIpc) is 2.82. The minimum atomic E-state index is -1.03. The van der Waals surface area contributed by atoms with Crippen LogP contribution in [0.1, 0.15) is 100 Å². The predicted octanol–water partition coefficient (Wildman–Crippen LogP) is 5.42. The van der Waals surface area contributed by atoms with E-state index < -0.39 is 11.7 Å². The van der Waals surface area contributed by atoms with Gasteiger partial charge < -0.3 is 10.1 Å². The highest BCUT2D eigenvalue weighted by molar-refractivity contribution is 6.42. The lowest BCUT2D eigenvalue weighted by molar-refractivity contribution is -0.140. The van der Waals surface area contributed by atoms with Crippen LogP contribution in [0.4, 0.5) is 5.69 Å². The first kappa shape index (κ1) is 27.6. The Bertz CT molecular complexity index is 661. The number of esters is 1.